The van der Waals surface area contributed by atoms with Crippen molar-refractivity contribution in [2.75, 3.05) is 6.26 Å². The Labute approximate surface area is 155 Å². The number of nitrogens with zero attached hydrogens (tertiary/aromatic N) is 3. The van der Waals surface area contributed by atoms with E-state index in [1.165, 1.54) is 11.8 Å². The van der Waals surface area contributed by atoms with Crippen molar-refractivity contribution >= 4 is 11.8 Å². The van der Waals surface area contributed by atoms with Gasteiger partial charge < -0.3 is 9.15 Å². The smallest absolute Gasteiger partial charge is 0.205 e. The highest BCUT2D eigenvalue weighted by Gasteiger charge is 2.16. The van der Waals surface area contributed by atoms with Crippen molar-refractivity contribution < 1.29 is 9.15 Å². The van der Waals surface area contributed by atoms with Gasteiger partial charge in [0.1, 0.15) is 12.4 Å². The van der Waals surface area contributed by atoms with Gasteiger partial charge in [0.25, 0.3) is 0 Å². The van der Waals surface area contributed by atoms with Gasteiger partial charge in [0.05, 0.1) is 12.0 Å². The Morgan fingerprint density at radius 1 is 0.962 bits per heavy atom. The van der Waals surface area contributed by atoms with Crippen LogP contribution >= 0.6 is 11.8 Å². The largest absolute Gasteiger partial charge is 0.489 e. The summed E-state index contributed by atoms with van der Waals surface area (Å²) < 4.78 is 13.3. The summed E-state index contributed by atoms with van der Waals surface area (Å²) >= 11 is 1.54. The summed E-state index contributed by atoms with van der Waals surface area (Å²) in [4.78, 5) is 0. The summed E-state index contributed by atoms with van der Waals surface area (Å²) in [5.41, 5.74) is 2.10. The first kappa shape index (κ1) is 16.5. The quantitative estimate of drug-likeness (QED) is 0.459. The molecule has 0 aliphatic carbocycles. The number of ether oxygens (including phenoxy) is 1. The fourth-order valence-electron chi connectivity index (χ4n) is 2.63. The minimum Gasteiger partial charge on any atom is -0.489 e. The van der Waals surface area contributed by atoms with Gasteiger partial charge in [-0.3, -0.25) is 4.57 Å². The van der Waals surface area contributed by atoms with E-state index in [1.54, 1.807) is 6.26 Å². The van der Waals surface area contributed by atoms with E-state index in [9.17, 15) is 0 Å². The van der Waals surface area contributed by atoms with Gasteiger partial charge in [-0.15, -0.1) is 10.2 Å². The number of benzene rings is 2. The molecule has 4 rings (SSSR count). The molecule has 0 atom stereocenters. The number of aromatic nitrogens is 3. The average Bonchev–Trinajstić information content (AvgIpc) is 3.37. The fraction of sp³-hybridized carbons (Fsp3) is 0.100. The van der Waals surface area contributed by atoms with Crippen LogP contribution in [0.2, 0.25) is 0 Å². The van der Waals surface area contributed by atoms with E-state index in [4.69, 9.17) is 9.15 Å². The summed E-state index contributed by atoms with van der Waals surface area (Å²) in [6.45, 7) is 0.542. The molecular formula is C20H17N3O2S. The van der Waals surface area contributed by atoms with Gasteiger partial charge in [-0.05, 0) is 48.2 Å². The Balaban J connectivity index is 1.58. The lowest BCUT2D eigenvalue weighted by Gasteiger charge is -2.10. The molecule has 0 fully saturated rings. The molecule has 0 aliphatic heterocycles. The van der Waals surface area contributed by atoms with Crippen LogP contribution in [0.4, 0.5) is 0 Å². The zero-order valence-corrected chi connectivity index (χ0v) is 15.0. The van der Waals surface area contributed by atoms with Crippen LogP contribution in [0.15, 0.2) is 82.6 Å². The molecule has 130 valence electrons. The van der Waals surface area contributed by atoms with Crippen LogP contribution in [-0.2, 0) is 6.61 Å². The summed E-state index contributed by atoms with van der Waals surface area (Å²) in [5.74, 6) is 2.18. The molecule has 0 unspecified atom stereocenters. The second kappa shape index (κ2) is 7.49. The van der Waals surface area contributed by atoms with Crippen molar-refractivity contribution in [3.05, 3.63) is 78.6 Å². The topological polar surface area (TPSA) is 53.1 Å². The molecule has 0 saturated carbocycles. The number of furan rings is 1. The average molecular weight is 363 g/mol. The zero-order chi connectivity index (χ0) is 17.8. The van der Waals surface area contributed by atoms with Crippen molar-refractivity contribution in [2.45, 2.75) is 11.8 Å². The van der Waals surface area contributed by atoms with Gasteiger partial charge in [0, 0.05) is 0 Å². The van der Waals surface area contributed by atoms with Crippen LogP contribution in [0.3, 0.4) is 0 Å². The number of hydrogen-bond donors (Lipinski definition) is 0. The predicted octanol–water partition coefficient (Wildman–Crippen LogP) is 4.83. The maximum absolute atomic E-state index is 5.86. The maximum atomic E-state index is 5.86. The first-order chi connectivity index (χ1) is 12.8. The third-order valence-electron chi connectivity index (χ3n) is 3.90. The molecule has 0 amide bonds. The molecule has 0 radical (unpaired) electrons. The molecule has 0 aliphatic rings. The summed E-state index contributed by atoms with van der Waals surface area (Å²) in [6.07, 6.45) is 3.61. The molecule has 2 aromatic heterocycles. The third-order valence-corrected chi connectivity index (χ3v) is 4.53. The molecule has 2 heterocycles. The van der Waals surface area contributed by atoms with Crippen molar-refractivity contribution in [3.8, 4) is 23.0 Å². The van der Waals surface area contributed by atoms with Gasteiger partial charge in [-0.2, -0.15) is 0 Å². The molecule has 0 saturated heterocycles. The molecular weight excluding hydrogens is 346 g/mol. The van der Waals surface area contributed by atoms with Crippen LogP contribution in [0.25, 0.3) is 17.3 Å². The highest BCUT2D eigenvalue weighted by molar-refractivity contribution is 7.98. The van der Waals surface area contributed by atoms with Gasteiger partial charge in [-0.25, -0.2) is 0 Å². The van der Waals surface area contributed by atoms with Crippen LogP contribution in [-0.4, -0.2) is 21.0 Å². The standard InChI is InChI=1S/C20H17N3O2S/c1-26-20-22-21-19(18-8-5-13-24-18)23(20)16-9-11-17(12-10-16)25-14-15-6-3-2-4-7-15/h2-13H,14H2,1H3. The Morgan fingerprint density at radius 2 is 1.77 bits per heavy atom. The van der Waals surface area contributed by atoms with Crippen molar-refractivity contribution in [1.82, 2.24) is 14.8 Å². The van der Waals surface area contributed by atoms with E-state index >= 15 is 0 Å². The minimum absolute atomic E-state index is 0.542. The summed E-state index contributed by atoms with van der Waals surface area (Å²) in [5, 5.41) is 9.32. The lowest BCUT2D eigenvalue weighted by Crippen LogP contribution is -1.99. The monoisotopic (exact) mass is 363 g/mol. The first-order valence-corrected chi connectivity index (χ1v) is 9.38. The van der Waals surface area contributed by atoms with Gasteiger partial charge >= 0.3 is 0 Å². The number of rotatable bonds is 6. The van der Waals surface area contributed by atoms with Crippen molar-refractivity contribution in [2.24, 2.45) is 0 Å². The van der Waals surface area contributed by atoms with E-state index in [0.717, 1.165) is 22.2 Å². The number of hydrogen-bond acceptors (Lipinski definition) is 5. The van der Waals surface area contributed by atoms with Crippen LogP contribution in [0.5, 0.6) is 5.75 Å². The Kier molecular flexibility index (Phi) is 4.75. The van der Waals surface area contributed by atoms with E-state index in [1.807, 2.05) is 77.6 Å². The molecule has 0 N–H and O–H groups in total. The van der Waals surface area contributed by atoms with Gasteiger partial charge in [0.2, 0.25) is 5.82 Å². The van der Waals surface area contributed by atoms with E-state index in [0.29, 0.717) is 18.2 Å². The zero-order valence-electron chi connectivity index (χ0n) is 14.2. The second-order valence-corrected chi connectivity index (χ2v) is 6.36. The van der Waals surface area contributed by atoms with Crippen LogP contribution in [0, 0.1) is 0 Å². The SMILES string of the molecule is CSc1nnc(-c2ccco2)n1-c1ccc(OCc2ccccc2)cc1. The lowest BCUT2D eigenvalue weighted by molar-refractivity contribution is 0.306. The Morgan fingerprint density at radius 3 is 2.46 bits per heavy atom. The molecule has 0 spiro atoms. The van der Waals surface area contributed by atoms with Crippen LogP contribution < -0.4 is 4.74 Å². The molecule has 4 aromatic rings. The molecule has 26 heavy (non-hydrogen) atoms. The number of thioether (sulfide) groups is 1. The Hall–Kier alpha value is -2.99. The lowest BCUT2D eigenvalue weighted by atomic mass is 10.2. The Bertz CT molecular complexity index is 964. The summed E-state index contributed by atoms with van der Waals surface area (Å²) in [7, 11) is 0. The fourth-order valence-corrected chi connectivity index (χ4v) is 3.13. The van der Waals surface area contributed by atoms with Crippen molar-refractivity contribution in [1.29, 1.82) is 0 Å². The highest BCUT2D eigenvalue weighted by Crippen LogP contribution is 2.28. The molecule has 2 aromatic carbocycles. The predicted molar refractivity (Wildman–Crippen MR) is 102 cm³/mol. The second-order valence-electron chi connectivity index (χ2n) is 5.59. The summed E-state index contributed by atoms with van der Waals surface area (Å²) in [6, 6.07) is 21.7. The minimum atomic E-state index is 0.542. The van der Waals surface area contributed by atoms with Crippen molar-refractivity contribution in [3.63, 3.8) is 0 Å². The van der Waals surface area contributed by atoms with E-state index in [2.05, 4.69) is 10.2 Å². The van der Waals surface area contributed by atoms with E-state index < -0.39 is 0 Å². The third kappa shape index (κ3) is 3.36. The maximum Gasteiger partial charge on any atom is 0.205 e. The van der Waals surface area contributed by atoms with E-state index in [-0.39, 0.29) is 0 Å². The highest BCUT2D eigenvalue weighted by atomic mass is 32.2. The normalized spacial score (nSPS) is 10.8. The first-order valence-electron chi connectivity index (χ1n) is 8.15. The molecule has 5 nitrogen and oxygen atoms in total. The molecule has 6 heteroatoms. The van der Waals surface area contributed by atoms with Gasteiger partial charge in [0.15, 0.2) is 10.9 Å². The van der Waals surface area contributed by atoms with Gasteiger partial charge in [-0.1, -0.05) is 42.1 Å². The van der Waals surface area contributed by atoms with Crippen LogP contribution in [0.1, 0.15) is 5.56 Å². The molecule has 0 bridgehead atoms.